The molecule has 0 saturated heterocycles. The van der Waals surface area contributed by atoms with Gasteiger partial charge in [0.1, 0.15) is 28.5 Å². The Morgan fingerprint density at radius 1 is 0.745 bits per heavy atom. The van der Waals surface area contributed by atoms with Gasteiger partial charge in [0.25, 0.3) is 10.1 Å². The van der Waals surface area contributed by atoms with E-state index in [1.807, 2.05) is 147 Å². The van der Waals surface area contributed by atoms with Crippen molar-refractivity contribution in [2.24, 2.45) is 16.7 Å². The third kappa shape index (κ3) is 6.94. The van der Waals surface area contributed by atoms with Crippen LogP contribution in [-0.4, -0.2) is 45.3 Å². The van der Waals surface area contributed by atoms with E-state index in [-0.39, 0.29) is 17.5 Å². The first-order valence-electron chi connectivity index (χ1n) is 16.3. The van der Waals surface area contributed by atoms with Gasteiger partial charge >= 0.3 is 0 Å². The van der Waals surface area contributed by atoms with Crippen LogP contribution in [0.3, 0.4) is 0 Å². The molecule has 2 fully saturated rings. The van der Waals surface area contributed by atoms with Crippen LogP contribution in [0.1, 0.15) is 74.7 Å². The Balaban J connectivity index is 1.71. The maximum Gasteiger partial charge on any atom is 0.278 e. The van der Waals surface area contributed by atoms with Crippen LogP contribution in [0.4, 0.5) is 5.69 Å². The molecule has 9 heteroatoms. The summed E-state index contributed by atoms with van der Waals surface area (Å²) in [5.41, 5.74) is -1.23. The Labute approximate surface area is 283 Å². The van der Waals surface area contributed by atoms with Crippen molar-refractivity contribution in [1.29, 1.82) is 0 Å². The topological polar surface area (TPSA) is 82.1 Å². The standard InChI is InChI=1S/C38H51NO6S2/c1-35(2,3)43-29-13-19-32(20-14-29)47(31-17-11-28(12-18-31)39(9)10,33-21-15-30(16-22-33)44-36(4,5)6)45-46(41,42)26-38-24-23-27(25-34(38)40)37(38,7)8/h11-22,27H,23-26H2,1-10H3. The van der Waals surface area contributed by atoms with Gasteiger partial charge in [0.05, 0.1) is 11.2 Å². The van der Waals surface area contributed by atoms with Gasteiger partial charge in [-0.05, 0) is 149 Å². The lowest BCUT2D eigenvalue weighted by atomic mass is 9.70. The van der Waals surface area contributed by atoms with E-state index in [2.05, 4.69) is 0 Å². The Bertz CT molecular complexity index is 1640. The summed E-state index contributed by atoms with van der Waals surface area (Å²) in [5.74, 6) is 1.22. The summed E-state index contributed by atoms with van der Waals surface area (Å²) < 4.78 is 48.2. The zero-order valence-corrected chi connectivity index (χ0v) is 31.2. The second-order valence-electron chi connectivity index (χ2n) is 15.8. The monoisotopic (exact) mass is 681 g/mol. The predicted octanol–water partition coefficient (Wildman–Crippen LogP) is 9.05. The number of ketones is 1. The predicted molar refractivity (Wildman–Crippen MR) is 190 cm³/mol. The number of ether oxygens (including phenoxy) is 2. The zero-order chi connectivity index (χ0) is 34.6. The van der Waals surface area contributed by atoms with Gasteiger partial charge in [-0.3, -0.25) is 4.79 Å². The molecule has 256 valence electrons. The molecule has 47 heavy (non-hydrogen) atoms. The molecule has 0 N–H and O–H groups in total. The largest absolute Gasteiger partial charge is 0.488 e. The fourth-order valence-electron chi connectivity index (χ4n) is 7.16. The minimum absolute atomic E-state index is 0.0363. The molecule has 3 aromatic rings. The lowest BCUT2D eigenvalue weighted by Gasteiger charge is -2.42. The van der Waals surface area contributed by atoms with E-state index in [0.29, 0.717) is 34.1 Å². The van der Waals surface area contributed by atoms with Crippen LogP contribution in [-0.2, 0) is 18.5 Å². The number of hydrogen-bond acceptors (Lipinski definition) is 7. The van der Waals surface area contributed by atoms with E-state index >= 15 is 0 Å². The Morgan fingerprint density at radius 3 is 1.51 bits per heavy atom. The molecular formula is C38H51NO6S2. The molecule has 0 aromatic heterocycles. The van der Waals surface area contributed by atoms with Crippen molar-refractivity contribution in [1.82, 2.24) is 0 Å². The smallest absolute Gasteiger partial charge is 0.278 e. The lowest BCUT2D eigenvalue weighted by Crippen LogP contribution is -2.42. The summed E-state index contributed by atoms with van der Waals surface area (Å²) in [6, 6.07) is 22.9. The molecule has 2 atom stereocenters. The molecule has 0 spiro atoms. The van der Waals surface area contributed by atoms with Gasteiger partial charge in [-0.15, -0.1) is 0 Å². The van der Waals surface area contributed by atoms with E-state index < -0.39 is 42.5 Å². The number of fused-ring (bicyclic) bond motifs is 2. The number of carbonyl (C=O) groups excluding carboxylic acids is 1. The minimum Gasteiger partial charge on any atom is -0.488 e. The highest BCUT2D eigenvalue weighted by Gasteiger charge is 2.65. The molecule has 3 aromatic carbocycles. The summed E-state index contributed by atoms with van der Waals surface area (Å²) in [7, 11) is -3.25. The fraction of sp³-hybridized carbons (Fsp3) is 0.500. The molecule has 0 heterocycles. The lowest BCUT2D eigenvalue weighted by molar-refractivity contribution is -0.128. The van der Waals surface area contributed by atoms with Crippen molar-refractivity contribution in [3.05, 3.63) is 72.8 Å². The maximum absolute atomic E-state index is 14.6. The number of hydrogen-bond donors (Lipinski definition) is 0. The fourth-order valence-corrected chi connectivity index (χ4v) is 13.2. The number of carbonyl (C=O) groups is 1. The Morgan fingerprint density at radius 2 is 1.17 bits per heavy atom. The Hall–Kier alpha value is -3.01. The number of anilines is 1. The highest BCUT2D eigenvalue weighted by molar-refractivity contribution is 8.33. The van der Waals surface area contributed by atoms with Crippen molar-refractivity contribution in [3.8, 4) is 11.5 Å². The normalized spacial score (nSPS) is 21.5. The second-order valence-corrected chi connectivity index (χ2v) is 20.2. The first kappa shape index (κ1) is 35.3. The van der Waals surface area contributed by atoms with Gasteiger partial charge in [0.15, 0.2) is 0 Å². The van der Waals surface area contributed by atoms with E-state index in [9.17, 15) is 13.2 Å². The van der Waals surface area contributed by atoms with Crippen molar-refractivity contribution < 1.29 is 26.3 Å². The highest BCUT2D eigenvalue weighted by atomic mass is 32.3. The summed E-state index contributed by atoms with van der Waals surface area (Å²) in [6.45, 7) is 16.0. The van der Waals surface area contributed by atoms with Gasteiger partial charge in [0, 0.05) is 40.9 Å². The van der Waals surface area contributed by atoms with Gasteiger partial charge in [0.2, 0.25) is 0 Å². The highest BCUT2D eigenvalue weighted by Crippen LogP contribution is 2.71. The van der Waals surface area contributed by atoms with Gasteiger partial charge in [-0.2, -0.15) is 8.42 Å². The minimum atomic E-state index is -4.28. The number of rotatable bonds is 10. The summed E-state index contributed by atoms with van der Waals surface area (Å²) in [4.78, 5) is 17.6. The molecule has 0 radical (unpaired) electrons. The molecule has 0 aliphatic heterocycles. The first-order chi connectivity index (χ1) is 21.7. The van der Waals surface area contributed by atoms with Crippen molar-refractivity contribution in [2.75, 3.05) is 24.7 Å². The molecule has 2 saturated carbocycles. The second kappa shape index (κ2) is 12.1. The van der Waals surface area contributed by atoms with Gasteiger partial charge in [-0.1, -0.05) is 13.8 Å². The molecule has 2 aliphatic carbocycles. The van der Waals surface area contributed by atoms with E-state index in [0.717, 1.165) is 17.0 Å². The van der Waals surface area contributed by atoms with Crippen LogP contribution in [0, 0.1) is 16.7 Å². The molecule has 2 bridgehead atoms. The summed E-state index contributed by atoms with van der Waals surface area (Å²) in [6.07, 6.45) is 1.84. The van der Waals surface area contributed by atoms with Crippen molar-refractivity contribution >= 4 is 31.9 Å². The van der Waals surface area contributed by atoms with Gasteiger partial charge < -0.3 is 14.4 Å². The molecular weight excluding hydrogens is 631 g/mol. The van der Waals surface area contributed by atoms with Crippen LogP contribution in [0.25, 0.3) is 0 Å². The van der Waals surface area contributed by atoms with Crippen LogP contribution >= 0.6 is 10.3 Å². The summed E-state index contributed by atoms with van der Waals surface area (Å²) >= 11 is 0. The van der Waals surface area contributed by atoms with E-state index in [1.54, 1.807) is 0 Å². The SMILES string of the molecule is CN(C)c1ccc(S(OS(=O)(=O)CC23CCC(CC2=O)C3(C)C)(c2ccc(OC(C)(C)C)cc2)c2ccc(OC(C)(C)C)cc2)cc1. The van der Waals surface area contributed by atoms with Gasteiger partial charge in [-0.25, -0.2) is 3.63 Å². The number of nitrogens with zero attached hydrogens (tertiary/aromatic N) is 1. The molecule has 0 amide bonds. The zero-order valence-electron chi connectivity index (χ0n) is 29.5. The average Bonchev–Trinajstić information content (AvgIpc) is 3.29. The van der Waals surface area contributed by atoms with Crippen LogP contribution in [0.5, 0.6) is 11.5 Å². The third-order valence-electron chi connectivity index (χ3n) is 9.61. The number of Topliss-reactive ketones (excluding diaryl/α,β-unsaturated/α-hetero) is 1. The third-order valence-corrected chi connectivity index (χ3v) is 14.9. The van der Waals surface area contributed by atoms with Crippen molar-refractivity contribution in [2.45, 2.75) is 101 Å². The maximum atomic E-state index is 14.6. The van der Waals surface area contributed by atoms with Crippen LogP contribution in [0.15, 0.2) is 87.5 Å². The van der Waals surface area contributed by atoms with Crippen LogP contribution in [0.2, 0.25) is 0 Å². The number of benzene rings is 3. The molecule has 5 rings (SSSR count). The van der Waals surface area contributed by atoms with Crippen molar-refractivity contribution in [3.63, 3.8) is 0 Å². The van der Waals surface area contributed by atoms with E-state index in [4.69, 9.17) is 13.1 Å². The van der Waals surface area contributed by atoms with E-state index in [1.165, 1.54) is 0 Å². The summed E-state index contributed by atoms with van der Waals surface area (Å²) in [5, 5.41) is 0. The quantitative estimate of drug-likeness (QED) is 0.211. The molecule has 7 nitrogen and oxygen atoms in total. The molecule has 2 unspecified atom stereocenters. The molecule has 2 aliphatic rings. The first-order valence-corrected chi connectivity index (χ1v) is 19.5. The Kier molecular flexibility index (Phi) is 9.12. The van der Waals surface area contributed by atoms with Crippen LogP contribution < -0.4 is 14.4 Å². The average molecular weight is 682 g/mol.